The highest BCUT2D eigenvalue weighted by atomic mass is 32.2. The highest BCUT2D eigenvalue weighted by Crippen LogP contribution is 2.14. The van der Waals surface area contributed by atoms with Crippen LogP contribution in [-0.2, 0) is 4.74 Å². The summed E-state index contributed by atoms with van der Waals surface area (Å²) in [5, 5.41) is 0. The first-order valence-corrected chi connectivity index (χ1v) is 6.39. The van der Waals surface area contributed by atoms with Crippen LogP contribution in [-0.4, -0.2) is 49.8 Å². The van der Waals surface area contributed by atoms with Gasteiger partial charge in [-0.2, -0.15) is 11.8 Å². The zero-order valence-corrected chi connectivity index (χ0v) is 9.44. The van der Waals surface area contributed by atoms with Gasteiger partial charge < -0.3 is 9.64 Å². The fourth-order valence-corrected chi connectivity index (χ4v) is 1.05. The number of likely N-dealkylation sites (tertiary alicyclic amines) is 1. The third-order valence-electron chi connectivity index (χ3n) is 2.23. The minimum absolute atomic E-state index is 1.00. The Hall–Kier alpha value is 0.270. The molecule has 0 aromatic rings. The van der Waals surface area contributed by atoms with Gasteiger partial charge in [-0.15, -0.1) is 0 Å². The van der Waals surface area contributed by atoms with Crippen molar-refractivity contribution in [1.82, 2.24) is 4.90 Å². The molecule has 0 atom stereocenters. The standard InChI is InChI=1S/C4H9N.C3H6O.C3H6S/c1-5-3-2-4-5;2*1-2-4-3-1/h2-4H2,1H3;2*1-3H2. The van der Waals surface area contributed by atoms with E-state index in [0.29, 0.717) is 0 Å². The SMILES string of the molecule is C1COC1.C1CSC1.CN1CCC1. The van der Waals surface area contributed by atoms with Crippen LogP contribution in [0.2, 0.25) is 0 Å². The van der Waals surface area contributed by atoms with Gasteiger partial charge in [-0.25, -0.2) is 0 Å². The van der Waals surface area contributed by atoms with E-state index in [1.807, 2.05) is 11.8 Å². The molecule has 2 nitrogen and oxygen atoms in total. The van der Waals surface area contributed by atoms with Crippen molar-refractivity contribution < 1.29 is 4.74 Å². The van der Waals surface area contributed by atoms with Crippen LogP contribution in [0.3, 0.4) is 0 Å². The summed E-state index contributed by atoms with van der Waals surface area (Å²) in [5.74, 6) is 2.83. The minimum Gasteiger partial charge on any atom is -0.381 e. The third kappa shape index (κ3) is 6.36. The first kappa shape index (κ1) is 11.3. The Labute approximate surface area is 86.0 Å². The van der Waals surface area contributed by atoms with Crippen molar-refractivity contribution in [2.24, 2.45) is 0 Å². The second kappa shape index (κ2) is 7.65. The Morgan fingerprint density at radius 3 is 1.31 bits per heavy atom. The van der Waals surface area contributed by atoms with Crippen LogP contribution in [0, 0.1) is 0 Å². The van der Waals surface area contributed by atoms with E-state index in [2.05, 4.69) is 11.9 Å². The van der Waals surface area contributed by atoms with Crippen molar-refractivity contribution in [3.05, 3.63) is 0 Å². The van der Waals surface area contributed by atoms with E-state index >= 15 is 0 Å². The molecule has 0 amide bonds. The Bertz CT molecular complexity index is 93.5. The van der Waals surface area contributed by atoms with Crippen LogP contribution < -0.4 is 0 Å². The molecule has 0 bridgehead atoms. The van der Waals surface area contributed by atoms with Crippen LogP contribution in [0.4, 0.5) is 0 Å². The van der Waals surface area contributed by atoms with Crippen LogP contribution in [0.5, 0.6) is 0 Å². The lowest BCUT2D eigenvalue weighted by Crippen LogP contribution is -2.32. The molecule has 0 radical (unpaired) electrons. The van der Waals surface area contributed by atoms with Gasteiger partial charge in [0.1, 0.15) is 0 Å². The van der Waals surface area contributed by atoms with Gasteiger partial charge in [0.2, 0.25) is 0 Å². The first-order chi connectivity index (χ1) is 6.39. The van der Waals surface area contributed by atoms with Gasteiger partial charge in [-0.05, 0) is 50.9 Å². The van der Waals surface area contributed by atoms with E-state index < -0.39 is 0 Å². The third-order valence-corrected chi connectivity index (χ3v) is 3.39. The quantitative estimate of drug-likeness (QED) is 0.596. The molecule has 0 aliphatic carbocycles. The van der Waals surface area contributed by atoms with Crippen molar-refractivity contribution in [2.75, 3.05) is 44.9 Å². The predicted octanol–water partition coefficient (Wildman–Crippen LogP) is 1.85. The molecule has 78 valence electrons. The second-order valence-corrected chi connectivity index (χ2v) is 4.81. The summed E-state index contributed by atoms with van der Waals surface area (Å²) in [7, 11) is 2.14. The van der Waals surface area contributed by atoms with Crippen LogP contribution in [0.1, 0.15) is 19.3 Å². The Morgan fingerprint density at radius 1 is 1.00 bits per heavy atom. The maximum atomic E-state index is 4.72. The van der Waals surface area contributed by atoms with E-state index in [1.165, 1.54) is 43.9 Å². The summed E-state index contributed by atoms with van der Waals surface area (Å²) >= 11 is 2.04. The summed E-state index contributed by atoms with van der Waals surface area (Å²) in [6.45, 7) is 4.64. The van der Waals surface area contributed by atoms with Gasteiger partial charge in [0.05, 0.1) is 0 Å². The van der Waals surface area contributed by atoms with E-state index in [1.54, 1.807) is 0 Å². The maximum absolute atomic E-state index is 4.72. The van der Waals surface area contributed by atoms with Gasteiger partial charge in [0, 0.05) is 13.2 Å². The predicted molar refractivity (Wildman–Crippen MR) is 59.5 cm³/mol. The number of rotatable bonds is 0. The average molecular weight is 203 g/mol. The van der Waals surface area contributed by atoms with Crippen LogP contribution in [0.15, 0.2) is 0 Å². The van der Waals surface area contributed by atoms with E-state index in [9.17, 15) is 0 Å². The number of thioether (sulfide) groups is 1. The number of hydrogen-bond donors (Lipinski definition) is 0. The van der Waals surface area contributed by atoms with E-state index in [-0.39, 0.29) is 0 Å². The van der Waals surface area contributed by atoms with E-state index in [0.717, 1.165) is 13.2 Å². The van der Waals surface area contributed by atoms with Crippen molar-refractivity contribution in [2.45, 2.75) is 19.3 Å². The summed E-state index contributed by atoms with van der Waals surface area (Å²) in [5.41, 5.74) is 0. The van der Waals surface area contributed by atoms with Gasteiger partial charge >= 0.3 is 0 Å². The molecular formula is C10H21NOS. The fourth-order valence-electron chi connectivity index (χ4n) is 0.763. The molecule has 0 saturated carbocycles. The van der Waals surface area contributed by atoms with Crippen LogP contribution in [0.25, 0.3) is 0 Å². The zero-order chi connectivity index (χ0) is 9.36. The smallest absolute Gasteiger partial charge is 0.0488 e. The van der Waals surface area contributed by atoms with Crippen molar-refractivity contribution in [3.8, 4) is 0 Å². The molecule has 3 aliphatic heterocycles. The van der Waals surface area contributed by atoms with Crippen molar-refractivity contribution in [1.29, 1.82) is 0 Å². The molecule has 3 fully saturated rings. The Balaban J connectivity index is 0.0000000984. The van der Waals surface area contributed by atoms with Crippen molar-refractivity contribution >= 4 is 11.8 Å². The van der Waals surface area contributed by atoms with E-state index in [4.69, 9.17) is 4.74 Å². The molecule has 0 aromatic heterocycles. The monoisotopic (exact) mass is 203 g/mol. The maximum Gasteiger partial charge on any atom is 0.0488 e. The van der Waals surface area contributed by atoms with Crippen molar-refractivity contribution in [3.63, 3.8) is 0 Å². The summed E-state index contributed by atoms with van der Waals surface area (Å²) < 4.78 is 4.72. The molecule has 13 heavy (non-hydrogen) atoms. The van der Waals surface area contributed by atoms with Gasteiger partial charge in [0.25, 0.3) is 0 Å². The highest BCUT2D eigenvalue weighted by Gasteiger charge is 2.04. The molecule has 3 heterocycles. The summed E-state index contributed by atoms with van der Waals surface area (Å²) in [6, 6.07) is 0. The molecule has 3 saturated heterocycles. The first-order valence-electron chi connectivity index (χ1n) is 5.23. The largest absolute Gasteiger partial charge is 0.381 e. The molecule has 0 N–H and O–H groups in total. The Morgan fingerprint density at radius 2 is 1.31 bits per heavy atom. The van der Waals surface area contributed by atoms with Gasteiger partial charge in [-0.1, -0.05) is 0 Å². The lowest BCUT2D eigenvalue weighted by Gasteiger charge is -2.24. The summed E-state index contributed by atoms with van der Waals surface area (Å²) in [6.07, 6.45) is 4.15. The highest BCUT2D eigenvalue weighted by molar-refractivity contribution is 8.00. The van der Waals surface area contributed by atoms with Crippen LogP contribution >= 0.6 is 11.8 Å². The number of nitrogens with zero attached hydrogens (tertiary/aromatic N) is 1. The summed E-state index contributed by atoms with van der Waals surface area (Å²) in [4.78, 5) is 2.31. The molecule has 3 rings (SSSR count). The lowest BCUT2D eigenvalue weighted by molar-refractivity contribution is 0.0367. The minimum atomic E-state index is 1.00. The molecule has 0 unspecified atom stereocenters. The molecule has 0 spiro atoms. The second-order valence-electron chi connectivity index (χ2n) is 3.59. The molecule has 3 heteroatoms. The van der Waals surface area contributed by atoms with Gasteiger partial charge in [0.15, 0.2) is 0 Å². The lowest BCUT2D eigenvalue weighted by atomic mass is 10.3. The number of hydrogen-bond acceptors (Lipinski definition) is 3. The van der Waals surface area contributed by atoms with Gasteiger partial charge in [-0.3, -0.25) is 0 Å². The fraction of sp³-hybridized carbons (Fsp3) is 1.00. The molecule has 3 aliphatic rings. The Kier molecular flexibility index (Phi) is 6.68. The zero-order valence-electron chi connectivity index (χ0n) is 8.63. The average Bonchev–Trinajstić information content (AvgIpc) is 1.74. The number of ether oxygens (including phenoxy) is 1. The molecule has 0 aromatic carbocycles. The molecular weight excluding hydrogens is 182 g/mol. The normalized spacial score (nSPS) is 24.7. The topological polar surface area (TPSA) is 12.5 Å².